The van der Waals surface area contributed by atoms with E-state index in [1.165, 1.54) is 0 Å². The van der Waals surface area contributed by atoms with Crippen molar-refractivity contribution < 1.29 is 9.90 Å². The minimum Gasteiger partial charge on any atom is -0.395 e. The Morgan fingerprint density at radius 1 is 1.64 bits per heavy atom. The number of aliphatic hydroxyl groups is 1. The van der Waals surface area contributed by atoms with E-state index in [0.717, 1.165) is 13.1 Å². The molecule has 0 radical (unpaired) electrons. The van der Waals surface area contributed by atoms with Gasteiger partial charge in [-0.1, -0.05) is 6.08 Å². The molecule has 0 unspecified atom stereocenters. The number of hydrogen-bond donors (Lipinski definition) is 2. The molecule has 0 aliphatic carbocycles. The predicted octanol–water partition coefficient (Wildman–Crippen LogP) is -0.397. The van der Waals surface area contributed by atoms with Crippen LogP contribution in [0.1, 0.15) is 6.42 Å². The molecule has 1 fully saturated rings. The van der Waals surface area contributed by atoms with Gasteiger partial charge < -0.3 is 15.3 Å². The summed E-state index contributed by atoms with van der Waals surface area (Å²) < 4.78 is 0. The molecule has 0 saturated carbocycles. The smallest absolute Gasteiger partial charge is 0.223 e. The van der Waals surface area contributed by atoms with Crippen molar-refractivity contribution in [2.75, 3.05) is 32.8 Å². The zero-order chi connectivity index (χ0) is 10.4. The van der Waals surface area contributed by atoms with Crippen molar-refractivity contribution >= 4 is 5.91 Å². The Balaban J connectivity index is 2.31. The minimum atomic E-state index is 0.0164. The Kier molecular flexibility index (Phi) is 4.62. The fourth-order valence-corrected chi connectivity index (χ4v) is 1.46. The van der Waals surface area contributed by atoms with Crippen LogP contribution in [0.3, 0.4) is 0 Å². The van der Waals surface area contributed by atoms with E-state index < -0.39 is 0 Å². The summed E-state index contributed by atoms with van der Waals surface area (Å²) in [6.45, 7) is 6.42. The largest absolute Gasteiger partial charge is 0.395 e. The van der Waals surface area contributed by atoms with Gasteiger partial charge in [-0.15, -0.1) is 6.58 Å². The summed E-state index contributed by atoms with van der Waals surface area (Å²) in [5.41, 5.74) is 0. The number of amides is 1. The molecule has 0 aromatic heterocycles. The summed E-state index contributed by atoms with van der Waals surface area (Å²) >= 11 is 0. The number of nitrogens with zero attached hydrogens (tertiary/aromatic N) is 1. The maximum absolute atomic E-state index is 11.7. The molecular weight excluding hydrogens is 180 g/mol. The van der Waals surface area contributed by atoms with Gasteiger partial charge in [-0.05, 0) is 19.0 Å². The lowest BCUT2D eigenvalue weighted by Crippen LogP contribution is -2.45. The first kappa shape index (κ1) is 11.2. The second kappa shape index (κ2) is 5.78. The second-order valence-electron chi connectivity index (χ2n) is 3.58. The highest BCUT2D eigenvalue weighted by atomic mass is 16.3. The molecule has 1 amide bonds. The van der Waals surface area contributed by atoms with Crippen LogP contribution in [0.5, 0.6) is 0 Å². The van der Waals surface area contributed by atoms with E-state index in [0.29, 0.717) is 25.4 Å². The SMILES string of the molecule is C=CCN(CCO)C(=O)CC1CNC1. The van der Waals surface area contributed by atoms with Gasteiger partial charge in [-0.2, -0.15) is 0 Å². The van der Waals surface area contributed by atoms with Crippen molar-refractivity contribution in [1.29, 1.82) is 0 Å². The van der Waals surface area contributed by atoms with Crippen LogP contribution in [0.2, 0.25) is 0 Å². The van der Waals surface area contributed by atoms with Crippen molar-refractivity contribution in [3.05, 3.63) is 12.7 Å². The molecule has 0 spiro atoms. The zero-order valence-electron chi connectivity index (χ0n) is 8.41. The highest BCUT2D eigenvalue weighted by molar-refractivity contribution is 5.76. The number of hydrogen-bond acceptors (Lipinski definition) is 3. The van der Waals surface area contributed by atoms with Crippen molar-refractivity contribution in [2.45, 2.75) is 6.42 Å². The van der Waals surface area contributed by atoms with Gasteiger partial charge in [0.2, 0.25) is 5.91 Å². The third kappa shape index (κ3) is 3.12. The van der Waals surface area contributed by atoms with Gasteiger partial charge in [0.15, 0.2) is 0 Å². The zero-order valence-corrected chi connectivity index (χ0v) is 8.41. The van der Waals surface area contributed by atoms with Crippen molar-refractivity contribution in [1.82, 2.24) is 10.2 Å². The summed E-state index contributed by atoms with van der Waals surface area (Å²) in [6, 6.07) is 0. The van der Waals surface area contributed by atoms with Crippen molar-refractivity contribution in [3.63, 3.8) is 0 Å². The molecule has 1 aliphatic rings. The quantitative estimate of drug-likeness (QED) is 0.571. The lowest BCUT2D eigenvalue weighted by Gasteiger charge is -2.29. The molecule has 1 rings (SSSR count). The number of carbonyl (C=O) groups is 1. The van der Waals surface area contributed by atoms with Crippen molar-refractivity contribution in [2.24, 2.45) is 5.92 Å². The summed E-state index contributed by atoms with van der Waals surface area (Å²) in [5, 5.41) is 11.9. The molecule has 14 heavy (non-hydrogen) atoms. The van der Waals surface area contributed by atoms with Crippen LogP contribution in [-0.4, -0.2) is 48.7 Å². The van der Waals surface area contributed by atoms with Crippen LogP contribution in [-0.2, 0) is 4.79 Å². The normalized spacial score (nSPS) is 16.1. The maximum atomic E-state index is 11.7. The Hall–Kier alpha value is -0.870. The first-order valence-electron chi connectivity index (χ1n) is 4.98. The molecule has 0 aromatic rings. The van der Waals surface area contributed by atoms with E-state index in [2.05, 4.69) is 11.9 Å². The van der Waals surface area contributed by atoms with Gasteiger partial charge in [0.05, 0.1) is 6.61 Å². The van der Waals surface area contributed by atoms with E-state index in [9.17, 15) is 4.79 Å². The topological polar surface area (TPSA) is 52.6 Å². The van der Waals surface area contributed by atoms with Crippen LogP contribution in [0.25, 0.3) is 0 Å². The number of aliphatic hydroxyl groups excluding tert-OH is 1. The number of rotatable bonds is 6. The number of nitrogens with one attached hydrogen (secondary N) is 1. The molecule has 80 valence electrons. The molecule has 1 saturated heterocycles. The number of carbonyl (C=O) groups excluding carboxylic acids is 1. The second-order valence-corrected chi connectivity index (χ2v) is 3.58. The first-order chi connectivity index (χ1) is 6.77. The highest BCUT2D eigenvalue weighted by Crippen LogP contribution is 2.10. The molecular formula is C10H18N2O2. The molecule has 4 heteroatoms. The van der Waals surface area contributed by atoms with Crippen molar-refractivity contribution in [3.8, 4) is 0 Å². The van der Waals surface area contributed by atoms with E-state index in [-0.39, 0.29) is 12.5 Å². The monoisotopic (exact) mass is 198 g/mol. The molecule has 0 aromatic carbocycles. The third-order valence-electron chi connectivity index (χ3n) is 2.40. The summed E-state index contributed by atoms with van der Waals surface area (Å²) in [5.74, 6) is 0.596. The summed E-state index contributed by atoms with van der Waals surface area (Å²) in [7, 11) is 0. The molecule has 2 N–H and O–H groups in total. The fraction of sp³-hybridized carbons (Fsp3) is 0.700. The minimum absolute atomic E-state index is 0.0164. The van der Waals surface area contributed by atoms with Gasteiger partial charge in [0.1, 0.15) is 0 Å². The van der Waals surface area contributed by atoms with Crippen LogP contribution >= 0.6 is 0 Å². The van der Waals surface area contributed by atoms with Crippen LogP contribution in [0.4, 0.5) is 0 Å². The Morgan fingerprint density at radius 3 is 2.79 bits per heavy atom. The van der Waals surface area contributed by atoms with Gasteiger partial charge in [-0.25, -0.2) is 0 Å². The Morgan fingerprint density at radius 2 is 2.36 bits per heavy atom. The average molecular weight is 198 g/mol. The lowest BCUT2D eigenvalue weighted by molar-refractivity contribution is -0.132. The molecule has 1 heterocycles. The van der Waals surface area contributed by atoms with Gasteiger partial charge >= 0.3 is 0 Å². The maximum Gasteiger partial charge on any atom is 0.223 e. The molecule has 0 bridgehead atoms. The first-order valence-corrected chi connectivity index (χ1v) is 4.98. The van der Waals surface area contributed by atoms with Crippen LogP contribution in [0, 0.1) is 5.92 Å². The lowest BCUT2D eigenvalue weighted by atomic mass is 9.99. The third-order valence-corrected chi connectivity index (χ3v) is 2.40. The van der Waals surface area contributed by atoms with E-state index in [1.807, 2.05) is 0 Å². The van der Waals surface area contributed by atoms with E-state index in [1.54, 1.807) is 11.0 Å². The average Bonchev–Trinajstić information content (AvgIpc) is 2.11. The van der Waals surface area contributed by atoms with Crippen LogP contribution < -0.4 is 5.32 Å². The summed E-state index contributed by atoms with van der Waals surface area (Å²) in [6.07, 6.45) is 2.27. The van der Waals surface area contributed by atoms with E-state index in [4.69, 9.17) is 5.11 Å². The van der Waals surface area contributed by atoms with Gasteiger partial charge in [-0.3, -0.25) is 4.79 Å². The van der Waals surface area contributed by atoms with Crippen LogP contribution in [0.15, 0.2) is 12.7 Å². The Labute approximate surface area is 84.6 Å². The molecule has 4 nitrogen and oxygen atoms in total. The molecule has 1 aliphatic heterocycles. The van der Waals surface area contributed by atoms with E-state index >= 15 is 0 Å². The van der Waals surface area contributed by atoms with Gasteiger partial charge in [0, 0.05) is 19.5 Å². The van der Waals surface area contributed by atoms with Gasteiger partial charge in [0.25, 0.3) is 0 Å². The Bertz CT molecular complexity index is 202. The standard InChI is InChI=1S/C10H18N2O2/c1-2-3-12(4-5-13)10(14)6-9-7-11-8-9/h2,9,11,13H,1,3-8H2. The molecule has 0 atom stereocenters. The fourth-order valence-electron chi connectivity index (χ4n) is 1.46. The predicted molar refractivity (Wildman–Crippen MR) is 54.8 cm³/mol. The highest BCUT2D eigenvalue weighted by Gasteiger charge is 2.22. The summed E-state index contributed by atoms with van der Waals surface area (Å²) in [4.78, 5) is 13.3.